The van der Waals surface area contributed by atoms with Crippen molar-refractivity contribution < 1.29 is 18.4 Å². The number of piperazine rings is 1. The lowest BCUT2D eigenvalue weighted by Gasteiger charge is -2.35. The van der Waals surface area contributed by atoms with E-state index in [-0.39, 0.29) is 18.3 Å². The van der Waals surface area contributed by atoms with E-state index in [9.17, 15) is 9.59 Å². The molecule has 9 nitrogen and oxygen atoms in total. The summed E-state index contributed by atoms with van der Waals surface area (Å²) in [5.74, 6) is -1.59. The first-order chi connectivity index (χ1) is 21.8. The summed E-state index contributed by atoms with van der Waals surface area (Å²) in [6.07, 6.45) is 0. The molecule has 0 saturated carbocycles. The molecule has 11 heteroatoms. The minimum atomic E-state index is -0.891. The highest BCUT2D eigenvalue weighted by atomic mass is 19.1. The van der Waals surface area contributed by atoms with Crippen LogP contribution in [0.3, 0.4) is 0 Å². The van der Waals surface area contributed by atoms with Gasteiger partial charge in [0.25, 0.3) is 5.91 Å². The molecule has 0 radical (unpaired) electrons. The van der Waals surface area contributed by atoms with Gasteiger partial charge in [-0.15, -0.1) is 0 Å². The van der Waals surface area contributed by atoms with Crippen molar-refractivity contribution in [2.24, 2.45) is 0 Å². The maximum Gasteiger partial charge on any atom is 0.328 e. The number of carbonyl (C=O) groups excluding carboxylic acids is 2. The smallest absolute Gasteiger partial charge is 0.328 e. The third-order valence-electron chi connectivity index (χ3n) is 7.80. The number of nitrogens with zero attached hydrogens (tertiary/aromatic N) is 5. The van der Waals surface area contributed by atoms with Crippen molar-refractivity contribution in [3.8, 4) is 11.3 Å². The third-order valence-corrected chi connectivity index (χ3v) is 7.80. The van der Waals surface area contributed by atoms with Gasteiger partial charge in [-0.25, -0.2) is 23.5 Å². The van der Waals surface area contributed by atoms with Crippen molar-refractivity contribution in [3.05, 3.63) is 101 Å². The second-order valence-corrected chi connectivity index (χ2v) is 10.7. The van der Waals surface area contributed by atoms with Gasteiger partial charge in [-0.1, -0.05) is 56.3 Å². The van der Waals surface area contributed by atoms with E-state index in [2.05, 4.69) is 15.5 Å². The fraction of sp³-hybridized carbons (Fsp3) is 0.294. The summed E-state index contributed by atoms with van der Waals surface area (Å²) in [6.45, 7) is 9.14. The van der Waals surface area contributed by atoms with Crippen LogP contribution in [0.4, 0.5) is 31.0 Å². The number of rotatable bonds is 6. The number of urea groups is 1. The van der Waals surface area contributed by atoms with Crippen LogP contribution in [0.2, 0.25) is 0 Å². The van der Waals surface area contributed by atoms with E-state index in [0.717, 1.165) is 41.2 Å². The Bertz CT molecular complexity index is 1670. The molecule has 3 aromatic carbocycles. The van der Waals surface area contributed by atoms with Gasteiger partial charge >= 0.3 is 6.03 Å². The lowest BCUT2D eigenvalue weighted by atomic mass is 9.97. The summed E-state index contributed by atoms with van der Waals surface area (Å²) in [4.78, 5) is 41.2. The van der Waals surface area contributed by atoms with Crippen LogP contribution < -0.4 is 20.4 Å². The molecule has 0 spiro atoms. The van der Waals surface area contributed by atoms with Crippen LogP contribution in [0.1, 0.15) is 40.9 Å². The number of fused-ring (bicyclic) bond motifs is 1. The maximum absolute atomic E-state index is 15.1. The lowest BCUT2D eigenvalue weighted by molar-refractivity contribution is 0.0951. The zero-order valence-corrected chi connectivity index (χ0v) is 25.9. The van der Waals surface area contributed by atoms with Crippen molar-refractivity contribution in [3.63, 3.8) is 0 Å². The number of amides is 3. The van der Waals surface area contributed by atoms with E-state index < -0.39 is 23.4 Å². The Balaban J connectivity index is 0.00000196. The first kappa shape index (κ1) is 31.5. The summed E-state index contributed by atoms with van der Waals surface area (Å²) < 4.78 is 30.1. The Kier molecular flexibility index (Phi) is 9.68. The molecule has 0 atom stereocenters. The predicted molar refractivity (Wildman–Crippen MR) is 172 cm³/mol. The van der Waals surface area contributed by atoms with E-state index in [1.165, 1.54) is 6.07 Å². The number of hydrogen-bond donors (Lipinski definition) is 2. The summed E-state index contributed by atoms with van der Waals surface area (Å²) in [6, 6.07) is 17.7. The molecule has 4 aromatic rings. The van der Waals surface area contributed by atoms with Crippen molar-refractivity contribution in [1.82, 2.24) is 25.5 Å². The summed E-state index contributed by atoms with van der Waals surface area (Å²) in [5, 5.41) is 5.68. The zero-order chi connectivity index (χ0) is 32.1. The number of anilines is 3. The standard InChI is InChI=1S/C32H31F2N7O2.C2H6/c1-20-11-12-22(30(42)35-18-21-7-4-3-5-8-21)17-23(20)27-24-19-36-32(43)41(28-25(33)9-6-10-26(28)34)29(24)38-31(37-27)40-15-13-39(2)14-16-40;1-2/h3-12,17H,13-16,18-19H2,1-2H3,(H,35,42)(H,36,43);1-2H3. The molecule has 2 aliphatic rings. The van der Waals surface area contributed by atoms with E-state index >= 15 is 8.78 Å². The topological polar surface area (TPSA) is 93.7 Å². The zero-order valence-electron chi connectivity index (χ0n) is 25.9. The molecule has 3 amide bonds. The Morgan fingerprint density at radius 3 is 2.31 bits per heavy atom. The van der Waals surface area contributed by atoms with Gasteiger partial charge in [-0.2, -0.15) is 4.98 Å². The Morgan fingerprint density at radius 1 is 0.933 bits per heavy atom. The molecule has 0 aliphatic carbocycles. The largest absolute Gasteiger partial charge is 0.348 e. The lowest BCUT2D eigenvalue weighted by Crippen LogP contribution is -2.46. The molecule has 1 fully saturated rings. The summed E-state index contributed by atoms with van der Waals surface area (Å²) in [5.41, 5.74) is 3.36. The molecule has 0 unspecified atom stereocenters. The van der Waals surface area contributed by atoms with Crippen LogP contribution in [-0.4, -0.2) is 60.0 Å². The van der Waals surface area contributed by atoms with Crippen molar-refractivity contribution in [1.29, 1.82) is 0 Å². The van der Waals surface area contributed by atoms with Crippen LogP contribution in [0, 0.1) is 18.6 Å². The van der Waals surface area contributed by atoms with Crippen molar-refractivity contribution in [2.75, 3.05) is 43.0 Å². The molecule has 2 aliphatic heterocycles. The maximum atomic E-state index is 15.1. The number of benzene rings is 3. The number of hydrogen-bond acceptors (Lipinski definition) is 6. The van der Waals surface area contributed by atoms with Gasteiger partial charge in [0.15, 0.2) is 5.82 Å². The number of carbonyl (C=O) groups is 2. The van der Waals surface area contributed by atoms with Gasteiger partial charge in [-0.05, 0) is 49.4 Å². The molecule has 1 aromatic heterocycles. The second kappa shape index (κ2) is 13.8. The summed E-state index contributed by atoms with van der Waals surface area (Å²) in [7, 11) is 2.03. The van der Waals surface area contributed by atoms with Gasteiger partial charge in [0, 0.05) is 49.4 Å². The predicted octanol–water partition coefficient (Wildman–Crippen LogP) is 5.80. The number of para-hydroxylation sites is 1. The van der Waals surface area contributed by atoms with Crippen molar-refractivity contribution in [2.45, 2.75) is 33.9 Å². The fourth-order valence-corrected chi connectivity index (χ4v) is 5.33. The third kappa shape index (κ3) is 6.63. The molecule has 6 rings (SSSR count). The quantitative estimate of drug-likeness (QED) is 0.286. The van der Waals surface area contributed by atoms with E-state index in [1.807, 2.05) is 69.1 Å². The van der Waals surface area contributed by atoms with E-state index in [4.69, 9.17) is 9.97 Å². The highest BCUT2D eigenvalue weighted by Crippen LogP contribution is 2.39. The van der Waals surface area contributed by atoms with Gasteiger partial charge in [0.1, 0.15) is 17.3 Å². The highest BCUT2D eigenvalue weighted by Gasteiger charge is 2.35. The Labute approximate surface area is 261 Å². The van der Waals surface area contributed by atoms with E-state index in [0.29, 0.717) is 48.0 Å². The Morgan fingerprint density at radius 2 is 1.62 bits per heavy atom. The molecular formula is C34H37F2N7O2. The average Bonchev–Trinajstić information content (AvgIpc) is 3.06. The second-order valence-electron chi connectivity index (χ2n) is 10.7. The normalized spacial score (nSPS) is 14.7. The molecule has 234 valence electrons. The Hall–Kier alpha value is -4.90. The van der Waals surface area contributed by atoms with Gasteiger partial charge < -0.3 is 20.4 Å². The van der Waals surface area contributed by atoms with E-state index in [1.54, 1.807) is 12.1 Å². The number of aromatic nitrogens is 2. The summed E-state index contributed by atoms with van der Waals surface area (Å²) >= 11 is 0. The molecule has 2 N–H and O–H groups in total. The number of likely N-dealkylation sites (N-methyl/N-ethyl adjacent to an activating group) is 1. The molecular weight excluding hydrogens is 576 g/mol. The van der Waals surface area contributed by atoms with Crippen LogP contribution in [0.15, 0.2) is 66.7 Å². The fourth-order valence-electron chi connectivity index (χ4n) is 5.33. The van der Waals surface area contributed by atoms with Crippen LogP contribution in [0.5, 0.6) is 0 Å². The van der Waals surface area contributed by atoms with Gasteiger partial charge in [0.05, 0.1) is 12.2 Å². The number of aryl methyl sites for hydroxylation is 1. The minimum Gasteiger partial charge on any atom is -0.348 e. The van der Waals surface area contributed by atoms with Crippen LogP contribution in [-0.2, 0) is 13.1 Å². The molecule has 45 heavy (non-hydrogen) atoms. The highest BCUT2D eigenvalue weighted by molar-refractivity contribution is 6.02. The molecule has 1 saturated heterocycles. The SMILES string of the molecule is CC.Cc1ccc(C(=O)NCc2ccccc2)cc1-c1nc(N2CCN(C)CC2)nc2c1CNC(=O)N2c1c(F)cccc1F. The molecule has 0 bridgehead atoms. The average molecular weight is 614 g/mol. The van der Waals surface area contributed by atoms with Crippen molar-refractivity contribution >= 4 is 29.4 Å². The van der Waals surface area contributed by atoms with Gasteiger partial charge in [0.2, 0.25) is 5.95 Å². The minimum absolute atomic E-state index is 0.0446. The first-order valence-corrected chi connectivity index (χ1v) is 15.1. The van der Waals surface area contributed by atoms with Crippen LogP contribution in [0.25, 0.3) is 11.3 Å². The van der Waals surface area contributed by atoms with Gasteiger partial charge in [-0.3, -0.25) is 4.79 Å². The molecule has 3 heterocycles. The first-order valence-electron chi connectivity index (χ1n) is 15.1. The van der Waals surface area contributed by atoms with Crippen LogP contribution >= 0.6 is 0 Å². The number of nitrogens with one attached hydrogen (secondary N) is 2. The number of halogens is 2. The monoisotopic (exact) mass is 613 g/mol.